The highest BCUT2D eigenvalue weighted by Crippen LogP contribution is 2.36. The Morgan fingerprint density at radius 1 is 1.22 bits per heavy atom. The summed E-state index contributed by atoms with van der Waals surface area (Å²) in [6.07, 6.45) is 1.48. The second kappa shape index (κ2) is 10.3. The van der Waals surface area contributed by atoms with E-state index in [1.165, 1.54) is 43.1 Å². The van der Waals surface area contributed by atoms with Gasteiger partial charge in [0, 0.05) is 6.07 Å². The van der Waals surface area contributed by atoms with Crippen LogP contribution in [0, 0.1) is 10.1 Å². The molecule has 1 aromatic heterocycles. The largest absolute Gasteiger partial charge is 0.502 e. The van der Waals surface area contributed by atoms with Gasteiger partial charge >= 0.3 is 11.7 Å². The van der Waals surface area contributed by atoms with E-state index in [0.29, 0.717) is 33.1 Å². The number of methoxy groups -OCH3 is 2. The molecule has 0 saturated heterocycles. The SMILES string of the molecule is CCOC(=O)C1=C(C)N=c2sc(=Cc3ccc(O)c([N+](=O)[O-])c3)c(=O)n2C1c1ccc(OC)c(OC)c1. The van der Waals surface area contributed by atoms with E-state index in [4.69, 9.17) is 14.2 Å². The number of thiazole rings is 1. The van der Waals surface area contributed by atoms with Crippen LogP contribution in [0.1, 0.15) is 31.0 Å². The van der Waals surface area contributed by atoms with Gasteiger partial charge in [0.2, 0.25) is 0 Å². The molecule has 12 heteroatoms. The minimum Gasteiger partial charge on any atom is -0.502 e. The number of nitro benzene ring substituents is 1. The lowest BCUT2D eigenvalue weighted by Gasteiger charge is -2.25. The summed E-state index contributed by atoms with van der Waals surface area (Å²) in [6, 6.07) is 8.04. The first kappa shape index (κ1) is 25.6. The number of aromatic nitrogens is 1. The predicted molar refractivity (Wildman–Crippen MR) is 135 cm³/mol. The first-order chi connectivity index (χ1) is 17.7. The summed E-state index contributed by atoms with van der Waals surface area (Å²) in [7, 11) is 2.99. The number of ether oxygens (including phenoxy) is 3. The van der Waals surface area contributed by atoms with Crippen molar-refractivity contribution in [3.05, 3.63) is 88.6 Å². The van der Waals surface area contributed by atoms with Crippen LogP contribution >= 0.6 is 11.3 Å². The first-order valence-corrected chi connectivity index (χ1v) is 11.9. The summed E-state index contributed by atoms with van der Waals surface area (Å²) in [5.41, 5.74) is 0.583. The number of benzene rings is 2. The van der Waals surface area contributed by atoms with E-state index in [0.717, 1.165) is 11.3 Å². The van der Waals surface area contributed by atoms with Gasteiger partial charge in [-0.3, -0.25) is 19.5 Å². The van der Waals surface area contributed by atoms with E-state index in [-0.39, 0.29) is 16.7 Å². The number of hydrogen-bond donors (Lipinski definition) is 1. The van der Waals surface area contributed by atoms with E-state index in [1.54, 1.807) is 32.0 Å². The molecular weight excluding hydrogens is 502 g/mol. The second-order valence-corrected chi connectivity index (χ2v) is 8.93. The molecule has 0 aliphatic carbocycles. The molecule has 0 fully saturated rings. The van der Waals surface area contributed by atoms with Crippen LogP contribution in [0.15, 0.2) is 57.5 Å². The molecule has 1 N–H and O–H groups in total. The number of hydrogen-bond acceptors (Lipinski definition) is 10. The predicted octanol–water partition coefficient (Wildman–Crippen LogP) is 2.43. The smallest absolute Gasteiger partial charge is 0.338 e. The molecule has 0 amide bonds. The molecule has 0 bridgehead atoms. The van der Waals surface area contributed by atoms with Crippen LogP contribution in [0.25, 0.3) is 6.08 Å². The fourth-order valence-corrected chi connectivity index (χ4v) is 5.10. The Balaban J connectivity index is 1.96. The topological polar surface area (TPSA) is 142 Å². The third-order valence-corrected chi connectivity index (χ3v) is 6.72. The van der Waals surface area contributed by atoms with E-state index in [1.807, 2.05) is 0 Å². The zero-order valence-corrected chi connectivity index (χ0v) is 21.2. The monoisotopic (exact) mass is 525 g/mol. The van der Waals surface area contributed by atoms with Crippen molar-refractivity contribution < 1.29 is 29.0 Å². The summed E-state index contributed by atoms with van der Waals surface area (Å²) >= 11 is 1.08. The normalized spacial score (nSPS) is 15.1. The third-order valence-electron chi connectivity index (χ3n) is 5.73. The highest BCUT2D eigenvalue weighted by molar-refractivity contribution is 7.07. The maximum absolute atomic E-state index is 13.7. The standard InChI is InChI=1S/C25H23N3O8S/c1-5-36-24(31)21-13(2)26-25-27(22(21)15-7-9-18(34-3)19(12-15)35-4)23(30)20(37-25)11-14-6-8-17(29)16(10-14)28(32)33/h6-12,22,29H,5H2,1-4H3. The van der Waals surface area contributed by atoms with Crippen LogP contribution < -0.4 is 24.4 Å². The Morgan fingerprint density at radius 2 is 1.95 bits per heavy atom. The van der Waals surface area contributed by atoms with Crippen molar-refractivity contribution in [2.45, 2.75) is 19.9 Å². The molecule has 0 saturated carbocycles. The number of fused-ring (bicyclic) bond motifs is 1. The number of aromatic hydroxyl groups is 1. The number of rotatable bonds is 7. The van der Waals surface area contributed by atoms with E-state index in [9.17, 15) is 24.8 Å². The highest BCUT2D eigenvalue weighted by atomic mass is 32.1. The number of carbonyl (C=O) groups excluding carboxylic acids is 1. The number of phenols is 1. The number of nitro groups is 1. The molecule has 1 atom stereocenters. The van der Waals surface area contributed by atoms with Crippen molar-refractivity contribution in [2.24, 2.45) is 4.99 Å². The van der Waals surface area contributed by atoms with Gasteiger partial charge < -0.3 is 19.3 Å². The zero-order valence-electron chi connectivity index (χ0n) is 20.4. The van der Waals surface area contributed by atoms with Gasteiger partial charge in [-0.1, -0.05) is 23.5 Å². The minimum absolute atomic E-state index is 0.137. The number of esters is 1. The van der Waals surface area contributed by atoms with Crippen molar-refractivity contribution in [2.75, 3.05) is 20.8 Å². The van der Waals surface area contributed by atoms with E-state index < -0.39 is 33.9 Å². The second-order valence-electron chi connectivity index (χ2n) is 7.92. The molecule has 37 heavy (non-hydrogen) atoms. The van der Waals surface area contributed by atoms with Crippen molar-refractivity contribution in [1.29, 1.82) is 0 Å². The van der Waals surface area contributed by atoms with E-state index >= 15 is 0 Å². The Kier molecular flexibility index (Phi) is 7.11. The molecule has 1 unspecified atom stereocenters. The Bertz CT molecular complexity index is 1620. The number of phenolic OH excluding ortho intramolecular Hbond substituents is 1. The summed E-state index contributed by atoms with van der Waals surface area (Å²) in [6.45, 7) is 3.49. The molecule has 1 aliphatic rings. The van der Waals surface area contributed by atoms with Gasteiger partial charge in [0.05, 0.1) is 47.6 Å². The van der Waals surface area contributed by atoms with Crippen LogP contribution in [-0.4, -0.2) is 41.4 Å². The maximum Gasteiger partial charge on any atom is 0.338 e. The molecule has 0 radical (unpaired) electrons. The lowest BCUT2D eigenvalue weighted by atomic mass is 9.95. The third kappa shape index (κ3) is 4.70. The Labute approximate surface area is 214 Å². The van der Waals surface area contributed by atoms with Gasteiger partial charge in [-0.25, -0.2) is 9.79 Å². The summed E-state index contributed by atoms with van der Waals surface area (Å²) in [5, 5.41) is 21.0. The van der Waals surface area contributed by atoms with Crippen LogP contribution in [0.5, 0.6) is 17.2 Å². The van der Waals surface area contributed by atoms with Crippen molar-refractivity contribution in [1.82, 2.24) is 4.57 Å². The Morgan fingerprint density at radius 3 is 2.59 bits per heavy atom. The van der Waals surface area contributed by atoms with Gasteiger partial charge in [-0.15, -0.1) is 0 Å². The average Bonchev–Trinajstić information content (AvgIpc) is 3.17. The molecule has 192 valence electrons. The quantitative estimate of drug-likeness (QED) is 0.282. The zero-order chi connectivity index (χ0) is 26.9. The lowest BCUT2D eigenvalue weighted by molar-refractivity contribution is -0.385. The summed E-state index contributed by atoms with van der Waals surface area (Å²) in [4.78, 5) is 42.0. The van der Waals surface area contributed by atoms with Crippen LogP contribution in [0.2, 0.25) is 0 Å². The number of allylic oxidation sites excluding steroid dienone is 1. The molecule has 2 aromatic carbocycles. The molecule has 2 heterocycles. The first-order valence-electron chi connectivity index (χ1n) is 11.1. The Hall–Kier alpha value is -4.45. The lowest BCUT2D eigenvalue weighted by Crippen LogP contribution is -2.39. The van der Waals surface area contributed by atoms with E-state index in [2.05, 4.69) is 4.99 Å². The van der Waals surface area contributed by atoms with Gasteiger partial charge in [0.1, 0.15) is 0 Å². The minimum atomic E-state index is -0.869. The van der Waals surface area contributed by atoms with Crippen LogP contribution in [-0.2, 0) is 9.53 Å². The van der Waals surface area contributed by atoms with Gasteiger partial charge in [-0.05, 0) is 49.2 Å². The number of carbonyl (C=O) groups is 1. The summed E-state index contributed by atoms with van der Waals surface area (Å²) < 4.78 is 17.7. The average molecular weight is 526 g/mol. The van der Waals surface area contributed by atoms with Gasteiger partial charge in [0.15, 0.2) is 22.0 Å². The fraction of sp³-hybridized carbons (Fsp3) is 0.240. The van der Waals surface area contributed by atoms with Crippen LogP contribution in [0.3, 0.4) is 0 Å². The molecule has 0 spiro atoms. The highest BCUT2D eigenvalue weighted by Gasteiger charge is 2.34. The van der Waals surface area contributed by atoms with Crippen molar-refractivity contribution in [3.8, 4) is 17.2 Å². The molecule has 3 aromatic rings. The molecule has 11 nitrogen and oxygen atoms in total. The van der Waals surface area contributed by atoms with Crippen molar-refractivity contribution in [3.63, 3.8) is 0 Å². The fourth-order valence-electron chi connectivity index (χ4n) is 4.06. The molecule has 1 aliphatic heterocycles. The van der Waals surface area contributed by atoms with Crippen LogP contribution in [0.4, 0.5) is 5.69 Å². The van der Waals surface area contributed by atoms with Gasteiger partial charge in [-0.2, -0.15) is 0 Å². The summed E-state index contributed by atoms with van der Waals surface area (Å²) in [5.74, 6) is -0.193. The maximum atomic E-state index is 13.7. The number of nitrogens with zero attached hydrogens (tertiary/aromatic N) is 3. The van der Waals surface area contributed by atoms with Gasteiger partial charge in [0.25, 0.3) is 5.56 Å². The van der Waals surface area contributed by atoms with Crippen molar-refractivity contribution >= 4 is 29.1 Å². The molecule has 4 rings (SSSR count). The molecular formula is C25H23N3O8S.